The fourth-order valence-electron chi connectivity index (χ4n) is 3.46. The van der Waals surface area contributed by atoms with Crippen molar-refractivity contribution in [3.05, 3.63) is 29.3 Å². The van der Waals surface area contributed by atoms with Crippen LogP contribution in [0.3, 0.4) is 0 Å². The molecule has 1 aliphatic carbocycles. The summed E-state index contributed by atoms with van der Waals surface area (Å²) in [6, 6.07) is 7.14. The molecule has 0 amide bonds. The molecule has 0 saturated carbocycles. The second-order valence-electron chi connectivity index (χ2n) is 5.99. The van der Waals surface area contributed by atoms with Crippen LogP contribution in [0.2, 0.25) is 0 Å². The number of hydrogen-bond donors (Lipinski definition) is 1. The lowest BCUT2D eigenvalue weighted by molar-refractivity contribution is 0.183. The molecule has 20 heavy (non-hydrogen) atoms. The second kappa shape index (κ2) is 6.59. The van der Waals surface area contributed by atoms with E-state index in [-0.39, 0.29) is 0 Å². The maximum absolute atomic E-state index is 5.94. The van der Waals surface area contributed by atoms with E-state index in [1.807, 2.05) is 7.05 Å². The van der Waals surface area contributed by atoms with Crippen molar-refractivity contribution in [2.75, 3.05) is 33.3 Å². The molecule has 1 heterocycles. The first kappa shape index (κ1) is 13.9. The van der Waals surface area contributed by atoms with E-state index in [1.165, 1.54) is 56.3 Å². The van der Waals surface area contributed by atoms with Gasteiger partial charge in [-0.05, 0) is 69.1 Å². The molecule has 3 heteroatoms. The molecule has 0 radical (unpaired) electrons. The predicted octanol–water partition coefficient (Wildman–Crippen LogP) is 2.76. The Morgan fingerprint density at radius 3 is 2.90 bits per heavy atom. The number of hydrogen-bond acceptors (Lipinski definition) is 3. The molecule has 1 fully saturated rings. The monoisotopic (exact) mass is 274 g/mol. The summed E-state index contributed by atoms with van der Waals surface area (Å²) in [7, 11) is 2.04. The van der Waals surface area contributed by atoms with Crippen LogP contribution in [0.1, 0.15) is 42.9 Å². The number of benzene rings is 1. The number of nitrogens with zero attached hydrogens (tertiary/aromatic N) is 1. The number of rotatable bonds is 5. The lowest BCUT2D eigenvalue weighted by Crippen LogP contribution is -2.33. The van der Waals surface area contributed by atoms with E-state index < -0.39 is 0 Å². The van der Waals surface area contributed by atoms with E-state index in [1.54, 1.807) is 0 Å². The predicted molar refractivity (Wildman–Crippen MR) is 82.3 cm³/mol. The van der Waals surface area contributed by atoms with E-state index in [2.05, 4.69) is 28.4 Å². The van der Waals surface area contributed by atoms with Crippen molar-refractivity contribution in [3.8, 4) is 5.75 Å². The van der Waals surface area contributed by atoms with Gasteiger partial charge < -0.3 is 10.1 Å². The van der Waals surface area contributed by atoms with Crippen molar-refractivity contribution in [2.24, 2.45) is 0 Å². The topological polar surface area (TPSA) is 24.5 Å². The summed E-state index contributed by atoms with van der Waals surface area (Å²) in [5.74, 6) is 1.04. The maximum Gasteiger partial charge on any atom is 0.119 e. The Hall–Kier alpha value is -1.06. The average molecular weight is 274 g/mol. The van der Waals surface area contributed by atoms with Crippen LogP contribution in [0.25, 0.3) is 0 Å². The van der Waals surface area contributed by atoms with Crippen LogP contribution in [0.5, 0.6) is 5.75 Å². The third-order valence-corrected chi connectivity index (χ3v) is 4.67. The number of ether oxygens (including phenoxy) is 1. The molecule has 3 rings (SSSR count). The molecule has 1 atom stereocenters. The van der Waals surface area contributed by atoms with Crippen LogP contribution in [0.4, 0.5) is 0 Å². The minimum atomic E-state index is 0.535. The third-order valence-electron chi connectivity index (χ3n) is 4.67. The molecule has 1 aromatic rings. The van der Waals surface area contributed by atoms with Gasteiger partial charge >= 0.3 is 0 Å². The van der Waals surface area contributed by atoms with Crippen molar-refractivity contribution in [1.82, 2.24) is 10.2 Å². The zero-order valence-corrected chi connectivity index (χ0v) is 12.5. The van der Waals surface area contributed by atoms with Crippen LogP contribution in [0, 0.1) is 0 Å². The Morgan fingerprint density at radius 1 is 1.25 bits per heavy atom. The van der Waals surface area contributed by atoms with Gasteiger partial charge in [0.1, 0.15) is 12.4 Å². The zero-order chi connectivity index (χ0) is 13.8. The van der Waals surface area contributed by atoms with Crippen molar-refractivity contribution >= 4 is 0 Å². The van der Waals surface area contributed by atoms with Gasteiger partial charge in [0.05, 0.1) is 0 Å². The van der Waals surface area contributed by atoms with Gasteiger partial charge in [0.25, 0.3) is 0 Å². The number of fused-ring (bicyclic) bond motifs is 1. The van der Waals surface area contributed by atoms with Gasteiger partial charge in [0.2, 0.25) is 0 Å². The average Bonchev–Trinajstić information content (AvgIpc) is 2.90. The summed E-state index contributed by atoms with van der Waals surface area (Å²) in [5.41, 5.74) is 2.91. The molecule has 1 unspecified atom stereocenters. The minimum absolute atomic E-state index is 0.535. The molecule has 3 nitrogen and oxygen atoms in total. The third kappa shape index (κ3) is 3.15. The number of piperidine rings is 1. The summed E-state index contributed by atoms with van der Waals surface area (Å²) in [5, 5.41) is 3.38. The van der Waals surface area contributed by atoms with Gasteiger partial charge in [0, 0.05) is 12.6 Å². The summed E-state index contributed by atoms with van der Waals surface area (Å²) in [6.07, 6.45) is 6.48. The van der Waals surface area contributed by atoms with Crippen LogP contribution in [-0.2, 0) is 6.42 Å². The summed E-state index contributed by atoms with van der Waals surface area (Å²) in [4.78, 5) is 2.52. The van der Waals surface area contributed by atoms with Gasteiger partial charge in [-0.1, -0.05) is 12.5 Å². The molecule has 0 bridgehead atoms. The van der Waals surface area contributed by atoms with E-state index in [9.17, 15) is 0 Å². The summed E-state index contributed by atoms with van der Waals surface area (Å²) >= 11 is 0. The second-order valence-corrected chi connectivity index (χ2v) is 5.99. The molecular formula is C17H26N2O. The molecule has 110 valence electrons. The smallest absolute Gasteiger partial charge is 0.119 e. The molecule has 0 spiro atoms. The van der Waals surface area contributed by atoms with Crippen molar-refractivity contribution in [3.63, 3.8) is 0 Å². The first-order chi connectivity index (χ1) is 9.86. The van der Waals surface area contributed by atoms with Gasteiger partial charge in [-0.15, -0.1) is 0 Å². The molecule has 2 aliphatic rings. The molecule has 1 saturated heterocycles. The van der Waals surface area contributed by atoms with Gasteiger partial charge in [0.15, 0.2) is 0 Å². The van der Waals surface area contributed by atoms with Crippen LogP contribution in [-0.4, -0.2) is 38.2 Å². The van der Waals surface area contributed by atoms with E-state index in [0.717, 1.165) is 18.9 Å². The standard InChI is InChI=1S/C17H26N2O/c1-18-17-8-5-14-13-15(6-7-16(14)17)20-12-11-19-9-3-2-4-10-19/h6-7,13,17-18H,2-5,8-12H2,1H3. The van der Waals surface area contributed by atoms with Crippen LogP contribution >= 0.6 is 0 Å². The number of likely N-dealkylation sites (tertiary alicyclic amines) is 1. The highest BCUT2D eigenvalue weighted by atomic mass is 16.5. The molecular weight excluding hydrogens is 248 g/mol. The van der Waals surface area contributed by atoms with Gasteiger partial charge in [-0.3, -0.25) is 4.90 Å². The first-order valence-corrected chi connectivity index (χ1v) is 8.02. The minimum Gasteiger partial charge on any atom is -0.492 e. The van der Waals surface area contributed by atoms with Crippen molar-refractivity contribution in [1.29, 1.82) is 0 Å². The van der Waals surface area contributed by atoms with Crippen LogP contribution < -0.4 is 10.1 Å². The highest BCUT2D eigenvalue weighted by molar-refractivity contribution is 5.40. The van der Waals surface area contributed by atoms with Crippen molar-refractivity contribution in [2.45, 2.75) is 38.1 Å². The Balaban J connectivity index is 1.51. The Morgan fingerprint density at radius 2 is 2.10 bits per heavy atom. The fourth-order valence-corrected chi connectivity index (χ4v) is 3.46. The SMILES string of the molecule is CNC1CCc2cc(OCCN3CCCCC3)ccc21. The molecule has 1 aromatic carbocycles. The maximum atomic E-state index is 5.94. The number of aryl methyl sites for hydroxylation is 1. The molecule has 1 N–H and O–H groups in total. The van der Waals surface area contributed by atoms with E-state index >= 15 is 0 Å². The van der Waals surface area contributed by atoms with E-state index in [0.29, 0.717) is 6.04 Å². The lowest BCUT2D eigenvalue weighted by atomic mass is 10.1. The number of nitrogens with one attached hydrogen (secondary N) is 1. The van der Waals surface area contributed by atoms with E-state index in [4.69, 9.17) is 4.74 Å². The largest absolute Gasteiger partial charge is 0.492 e. The van der Waals surface area contributed by atoms with Crippen LogP contribution in [0.15, 0.2) is 18.2 Å². The first-order valence-electron chi connectivity index (χ1n) is 8.02. The quantitative estimate of drug-likeness (QED) is 0.893. The highest BCUT2D eigenvalue weighted by Crippen LogP contribution is 2.33. The summed E-state index contributed by atoms with van der Waals surface area (Å²) in [6.45, 7) is 4.37. The highest BCUT2D eigenvalue weighted by Gasteiger charge is 2.21. The molecule has 0 aromatic heterocycles. The molecule has 1 aliphatic heterocycles. The van der Waals surface area contributed by atoms with Gasteiger partial charge in [-0.25, -0.2) is 0 Å². The van der Waals surface area contributed by atoms with Gasteiger partial charge in [-0.2, -0.15) is 0 Å². The Bertz CT molecular complexity index is 441. The Labute approximate surface area is 122 Å². The Kier molecular flexibility index (Phi) is 4.58. The normalized spacial score (nSPS) is 22.8. The zero-order valence-electron chi connectivity index (χ0n) is 12.5. The lowest BCUT2D eigenvalue weighted by Gasteiger charge is -2.26. The summed E-state index contributed by atoms with van der Waals surface area (Å²) < 4.78 is 5.94. The van der Waals surface area contributed by atoms with Crippen molar-refractivity contribution < 1.29 is 4.74 Å². The fraction of sp³-hybridized carbons (Fsp3) is 0.647.